The molecule has 0 saturated carbocycles. The highest BCUT2D eigenvalue weighted by Crippen LogP contribution is 2.56. The lowest BCUT2D eigenvalue weighted by Crippen LogP contribution is -2.25. The Kier molecular flexibility index (Phi) is 10.5. The van der Waals surface area contributed by atoms with Crippen molar-refractivity contribution < 1.29 is 0 Å². The van der Waals surface area contributed by atoms with E-state index in [1.807, 2.05) is 0 Å². The maximum Gasteiger partial charge on any atom is 0.0725 e. The lowest BCUT2D eigenvalue weighted by Gasteiger charge is -2.27. The van der Waals surface area contributed by atoms with Gasteiger partial charge in [0.25, 0.3) is 0 Å². The van der Waals surface area contributed by atoms with Gasteiger partial charge in [-0.2, -0.15) is 23.5 Å². The molecular weight excluding hydrogens is 449 g/mol. The van der Waals surface area contributed by atoms with Crippen LogP contribution >= 0.6 is 94.1 Å². The first-order valence-electron chi connectivity index (χ1n) is 8.80. The van der Waals surface area contributed by atoms with Gasteiger partial charge in [0.05, 0.1) is 18.3 Å². The molecule has 3 saturated heterocycles. The van der Waals surface area contributed by atoms with E-state index < -0.39 is 0 Å². The lowest BCUT2D eigenvalue weighted by molar-refractivity contribution is 1.06. The van der Waals surface area contributed by atoms with Gasteiger partial charge >= 0.3 is 0 Å². The highest BCUT2D eigenvalue weighted by molar-refractivity contribution is 8.33. The molecule has 0 aromatic rings. The summed E-state index contributed by atoms with van der Waals surface area (Å²) in [7, 11) is 0. The second-order valence-corrected chi connectivity index (χ2v) is 17.3. The number of hydrogen-bond donors (Lipinski definition) is 0. The minimum Gasteiger partial charge on any atom is -0.156 e. The Morgan fingerprint density at radius 2 is 1.08 bits per heavy atom. The predicted octanol–water partition coefficient (Wildman–Crippen LogP) is 6.75. The molecule has 140 valence electrons. The summed E-state index contributed by atoms with van der Waals surface area (Å²) in [4.78, 5) is 0. The summed E-state index contributed by atoms with van der Waals surface area (Å²) < 4.78 is 3.64. The van der Waals surface area contributed by atoms with Crippen molar-refractivity contribution >= 4 is 94.1 Å². The molecule has 3 aliphatic heterocycles. The molecule has 0 radical (unpaired) electrons. The zero-order valence-electron chi connectivity index (χ0n) is 14.4. The zero-order chi connectivity index (χ0) is 16.8. The van der Waals surface area contributed by atoms with Crippen molar-refractivity contribution in [1.29, 1.82) is 0 Å². The maximum absolute atomic E-state index is 2.29. The minimum absolute atomic E-state index is 0.905. The van der Waals surface area contributed by atoms with E-state index in [2.05, 4.69) is 108 Å². The Balaban J connectivity index is 1.19. The van der Waals surface area contributed by atoms with Crippen LogP contribution in [0.2, 0.25) is 0 Å². The topological polar surface area (TPSA) is 0 Å². The van der Waals surface area contributed by atoms with Crippen LogP contribution < -0.4 is 0 Å². The summed E-state index contributed by atoms with van der Waals surface area (Å²) in [6.07, 6.45) is 2.65. The molecule has 3 rings (SSSR count). The van der Waals surface area contributed by atoms with Crippen LogP contribution in [-0.4, -0.2) is 63.3 Å². The summed E-state index contributed by atoms with van der Waals surface area (Å²) in [5, 5.41) is 1.81. The van der Waals surface area contributed by atoms with Gasteiger partial charge < -0.3 is 0 Å². The maximum atomic E-state index is 2.29. The van der Waals surface area contributed by atoms with Gasteiger partial charge in [-0.1, -0.05) is 13.8 Å². The fraction of sp³-hybridized carbons (Fsp3) is 1.00. The molecule has 6 unspecified atom stereocenters. The standard InChI is InChI=1S/C16H28S8/c1-3-5-17-13-15(23-13)21-9-11-7-20-12(8-19-11)10-22-16-14(24-16)18-6-4-2/h11-16H,3-10H2,1-2H3. The van der Waals surface area contributed by atoms with Gasteiger partial charge in [0.15, 0.2) is 0 Å². The van der Waals surface area contributed by atoms with Crippen LogP contribution in [0.1, 0.15) is 26.7 Å². The van der Waals surface area contributed by atoms with E-state index in [0.29, 0.717) is 0 Å². The van der Waals surface area contributed by atoms with Crippen molar-refractivity contribution in [3.8, 4) is 0 Å². The molecule has 0 N–H and O–H groups in total. The summed E-state index contributed by atoms with van der Waals surface area (Å²) in [6, 6.07) is 0. The van der Waals surface area contributed by atoms with Crippen molar-refractivity contribution in [2.24, 2.45) is 0 Å². The van der Waals surface area contributed by atoms with Crippen LogP contribution in [-0.2, 0) is 0 Å². The molecular formula is C16H28S8. The molecule has 0 aliphatic carbocycles. The van der Waals surface area contributed by atoms with E-state index in [1.54, 1.807) is 0 Å². The lowest BCUT2D eigenvalue weighted by atomic mass is 10.5. The van der Waals surface area contributed by atoms with Crippen molar-refractivity contribution in [3.05, 3.63) is 0 Å². The Bertz CT molecular complexity index is 326. The van der Waals surface area contributed by atoms with E-state index in [4.69, 9.17) is 0 Å². The van der Waals surface area contributed by atoms with E-state index in [-0.39, 0.29) is 0 Å². The van der Waals surface area contributed by atoms with Crippen LogP contribution in [0, 0.1) is 0 Å². The second-order valence-electron chi connectivity index (χ2n) is 6.06. The van der Waals surface area contributed by atoms with Gasteiger partial charge in [-0.15, -0.1) is 70.6 Å². The summed E-state index contributed by atoms with van der Waals surface area (Å²) in [6.45, 7) is 4.58. The monoisotopic (exact) mass is 476 g/mol. The fourth-order valence-electron chi connectivity index (χ4n) is 2.29. The third-order valence-corrected chi connectivity index (χ3v) is 17.8. The normalized spacial score (nSPS) is 38.2. The molecule has 0 bridgehead atoms. The van der Waals surface area contributed by atoms with E-state index in [0.717, 1.165) is 28.8 Å². The van der Waals surface area contributed by atoms with Crippen molar-refractivity contribution in [2.45, 2.75) is 55.5 Å². The molecule has 0 aromatic carbocycles. The van der Waals surface area contributed by atoms with Gasteiger partial charge in [0.1, 0.15) is 0 Å². The van der Waals surface area contributed by atoms with Crippen LogP contribution in [0.25, 0.3) is 0 Å². The average molecular weight is 477 g/mol. The minimum atomic E-state index is 0.905. The quantitative estimate of drug-likeness (QED) is 0.280. The molecule has 3 fully saturated rings. The highest BCUT2D eigenvalue weighted by atomic mass is 32.2. The number of hydrogen-bond acceptors (Lipinski definition) is 8. The average Bonchev–Trinajstić information content (AvgIpc) is 3.52. The van der Waals surface area contributed by atoms with Crippen LogP contribution in [0.4, 0.5) is 0 Å². The smallest absolute Gasteiger partial charge is 0.0725 e. The van der Waals surface area contributed by atoms with Crippen molar-refractivity contribution in [1.82, 2.24) is 0 Å². The highest BCUT2D eigenvalue weighted by Gasteiger charge is 2.40. The summed E-state index contributed by atoms with van der Waals surface area (Å²) >= 11 is 17.8. The Morgan fingerprint density at radius 1 is 0.667 bits per heavy atom. The van der Waals surface area contributed by atoms with Crippen LogP contribution in [0.15, 0.2) is 0 Å². The predicted molar refractivity (Wildman–Crippen MR) is 133 cm³/mol. The first-order chi connectivity index (χ1) is 11.8. The third-order valence-electron chi connectivity index (χ3n) is 3.73. The van der Waals surface area contributed by atoms with Crippen molar-refractivity contribution in [3.63, 3.8) is 0 Å². The number of thioether (sulfide) groups is 8. The molecule has 0 aromatic heterocycles. The van der Waals surface area contributed by atoms with Gasteiger partial charge in [-0.25, -0.2) is 0 Å². The fourth-order valence-corrected chi connectivity index (χ4v) is 15.3. The summed E-state index contributed by atoms with van der Waals surface area (Å²) in [5.41, 5.74) is 0. The van der Waals surface area contributed by atoms with Gasteiger partial charge in [-0.3, -0.25) is 0 Å². The van der Waals surface area contributed by atoms with Crippen molar-refractivity contribution in [2.75, 3.05) is 34.5 Å². The van der Waals surface area contributed by atoms with E-state index >= 15 is 0 Å². The first-order valence-corrected chi connectivity index (χ1v) is 17.0. The van der Waals surface area contributed by atoms with Gasteiger partial charge in [-0.05, 0) is 24.3 Å². The van der Waals surface area contributed by atoms with Gasteiger partial charge in [0.2, 0.25) is 0 Å². The molecule has 3 heterocycles. The molecule has 6 atom stereocenters. The molecule has 3 aliphatic rings. The zero-order valence-corrected chi connectivity index (χ0v) is 20.9. The van der Waals surface area contributed by atoms with Gasteiger partial charge in [0, 0.05) is 33.5 Å². The molecule has 0 nitrogen and oxygen atoms in total. The van der Waals surface area contributed by atoms with Crippen LogP contribution in [0.5, 0.6) is 0 Å². The van der Waals surface area contributed by atoms with E-state index in [1.165, 1.54) is 47.4 Å². The second kappa shape index (κ2) is 11.7. The molecule has 24 heavy (non-hydrogen) atoms. The molecule has 0 spiro atoms. The largest absolute Gasteiger partial charge is 0.156 e. The number of rotatable bonds is 12. The Hall–Kier alpha value is 2.80. The SMILES string of the molecule is CCCSC1SC1SCC1CSC(CSC2SC2SCCC)CS1. The molecule has 0 amide bonds. The third kappa shape index (κ3) is 7.67. The Labute approximate surface area is 182 Å². The Morgan fingerprint density at radius 3 is 1.46 bits per heavy atom. The first kappa shape index (κ1) is 21.5. The summed E-state index contributed by atoms with van der Waals surface area (Å²) in [5.74, 6) is 8.23. The van der Waals surface area contributed by atoms with Crippen LogP contribution in [0.3, 0.4) is 0 Å². The molecule has 8 heteroatoms. The van der Waals surface area contributed by atoms with E-state index in [9.17, 15) is 0 Å².